The average molecular weight is 451 g/mol. The standard InChI is InChI=1S/C21H26INO2/c22-19-7-9-21(10-8-19)25-16-18-5-2-1-4-17(18)6-3-13-23-14-11-20(24)12-15-23/h1-2,4-5,7-10,20,24H,3,6,11-16H2. The number of aliphatic hydroxyl groups excluding tert-OH is 1. The summed E-state index contributed by atoms with van der Waals surface area (Å²) in [6.07, 6.45) is 3.97. The monoisotopic (exact) mass is 451 g/mol. The predicted molar refractivity (Wildman–Crippen MR) is 110 cm³/mol. The van der Waals surface area contributed by atoms with Crippen molar-refractivity contribution >= 4 is 22.6 Å². The molecule has 0 saturated carbocycles. The van der Waals surface area contributed by atoms with E-state index in [0.717, 1.165) is 51.1 Å². The van der Waals surface area contributed by atoms with Gasteiger partial charge in [-0.25, -0.2) is 0 Å². The normalized spacial score (nSPS) is 16.1. The number of hydrogen-bond donors (Lipinski definition) is 1. The molecule has 25 heavy (non-hydrogen) atoms. The van der Waals surface area contributed by atoms with Crippen molar-refractivity contribution < 1.29 is 9.84 Å². The molecular formula is C21H26INO2. The van der Waals surface area contributed by atoms with Crippen LogP contribution in [0.5, 0.6) is 5.75 Å². The topological polar surface area (TPSA) is 32.7 Å². The van der Waals surface area contributed by atoms with E-state index in [0.29, 0.717) is 6.61 Å². The number of benzene rings is 2. The fourth-order valence-electron chi connectivity index (χ4n) is 3.27. The van der Waals surface area contributed by atoms with Crippen molar-refractivity contribution in [3.8, 4) is 5.75 Å². The van der Waals surface area contributed by atoms with Crippen LogP contribution in [-0.4, -0.2) is 35.7 Å². The van der Waals surface area contributed by atoms with Gasteiger partial charge in [-0.2, -0.15) is 0 Å². The van der Waals surface area contributed by atoms with Gasteiger partial charge in [-0.15, -0.1) is 0 Å². The third-order valence-electron chi connectivity index (χ3n) is 4.80. The maximum atomic E-state index is 9.59. The summed E-state index contributed by atoms with van der Waals surface area (Å²) < 4.78 is 7.17. The van der Waals surface area contributed by atoms with E-state index in [1.54, 1.807) is 0 Å². The Labute approximate surface area is 164 Å². The van der Waals surface area contributed by atoms with Gasteiger partial charge >= 0.3 is 0 Å². The minimum absolute atomic E-state index is 0.0876. The van der Waals surface area contributed by atoms with Crippen LogP contribution in [0.1, 0.15) is 30.4 Å². The highest BCUT2D eigenvalue weighted by Gasteiger charge is 2.16. The molecule has 1 heterocycles. The SMILES string of the molecule is OC1CCN(CCCc2ccccc2COc2ccc(I)cc2)CC1. The van der Waals surface area contributed by atoms with Gasteiger partial charge in [0.25, 0.3) is 0 Å². The molecule has 3 rings (SSSR count). The van der Waals surface area contributed by atoms with Crippen molar-refractivity contribution in [2.45, 2.75) is 38.4 Å². The highest BCUT2D eigenvalue weighted by atomic mass is 127. The number of aliphatic hydroxyl groups is 1. The van der Waals surface area contributed by atoms with Gasteiger partial charge in [-0.3, -0.25) is 0 Å². The van der Waals surface area contributed by atoms with Gasteiger partial charge in [0, 0.05) is 16.7 Å². The van der Waals surface area contributed by atoms with E-state index >= 15 is 0 Å². The molecule has 2 aromatic carbocycles. The minimum atomic E-state index is -0.0876. The van der Waals surface area contributed by atoms with Crippen molar-refractivity contribution in [2.75, 3.05) is 19.6 Å². The third-order valence-corrected chi connectivity index (χ3v) is 5.52. The molecule has 1 aliphatic rings. The number of piperidine rings is 1. The summed E-state index contributed by atoms with van der Waals surface area (Å²) in [6, 6.07) is 16.8. The van der Waals surface area contributed by atoms with Crippen LogP contribution in [0.4, 0.5) is 0 Å². The molecule has 0 unspecified atom stereocenters. The van der Waals surface area contributed by atoms with E-state index < -0.39 is 0 Å². The van der Waals surface area contributed by atoms with Gasteiger partial charge < -0.3 is 14.7 Å². The van der Waals surface area contributed by atoms with Crippen molar-refractivity contribution in [3.05, 3.63) is 63.2 Å². The van der Waals surface area contributed by atoms with Crippen molar-refractivity contribution in [3.63, 3.8) is 0 Å². The zero-order chi connectivity index (χ0) is 17.5. The molecule has 0 aromatic heterocycles. The fourth-order valence-corrected chi connectivity index (χ4v) is 3.63. The molecular weight excluding hydrogens is 425 g/mol. The van der Waals surface area contributed by atoms with Gasteiger partial charge in [-0.05, 0) is 90.2 Å². The first kappa shape index (κ1) is 18.7. The summed E-state index contributed by atoms with van der Waals surface area (Å²) in [7, 11) is 0. The lowest BCUT2D eigenvalue weighted by Crippen LogP contribution is -2.36. The maximum absolute atomic E-state index is 9.59. The molecule has 1 fully saturated rings. The Morgan fingerprint density at radius 2 is 1.68 bits per heavy atom. The van der Waals surface area contributed by atoms with Crippen LogP contribution in [0.25, 0.3) is 0 Å². The minimum Gasteiger partial charge on any atom is -0.489 e. The number of aryl methyl sites for hydroxylation is 1. The highest BCUT2D eigenvalue weighted by Crippen LogP contribution is 2.18. The van der Waals surface area contributed by atoms with Crippen LogP contribution in [0.3, 0.4) is 0 Å². The number of ether oxygens (including phenoxy) is 1. The molecule has 2 aromatic rings. The van der Waals surface area contributed by atoms with E-state index in [2.05, 4.69) is 63.9 Å². The Bertz CT molecular complexity index is 651. The Morgan fingerprint density at radius 1 is 1.00 bits per heavy atom. The van der Waals surface area contributed by atoms with Crippen LogP contribution in [0.2, 0.25) is 0 Å². The molecule has 0 spiro atoms. The molecule has 1 saturated heterocycles. The molecule has 0 radical (unpaired) electrons. The van der Waals surface area contributed by atoms with E-state index in [1.807, 2.05) is 12.1 Å². The second kappa shape index (κ2) is 9.55. The average Bonchev–Trinajstić information content (AvgIpc) is 2.64. The molecule has 1 N–H and O–H groups in total. The number of halogens is 1. The molecule has 0 atom stereocenters. The molecule has 0 aliphatic carbocycles. The van der Waals surface area contributed by atoms with Gasteiger partial charge in [0.05, 0.1) is 6.10 Å². The first-order valence-corrected chi connectivity index (χ1v) is 10.1. The summed E-state index contributed by atoms with van der Waals surface area (Å²) in [5, 5.41) is 9.59. The number of rotatable bonds is 7. The number of nitrogens with zero attached hydrogens (tertiary/aromatic N) is 1. The lowest BCUT2D eigenvalue weighted by atomic mass is 10.0. The molecule has 1 aliphatic heterocycles. The van der Waals surface area contributed by atoms with Gasteiger partial charge in [0.1, 0.15) is 12.4 Å². The summed E-state index contributed by atoms with van der Waals surface area (Å²) in [6.45, 7) is 3.78. The molecule has 3 nitrogen and oxygen atoms in total. The smallest absolute Gasteiger partial charge is 0.119 e. The van der Waals surface area contributed by atoms with Crippen LogP contribution < -0.4 is 4.74 Å². The number of hydrogen-bond acceptors (Lipinski definition) is 3. The summed E-state index contributed by atoms with van der Waals surface area (Å²) in [5.41, 5.74) is 2.65. The van der Waals surface area contributed by atoms with Gasteiger partial charge in [-0.1, -0.05) is 24.3 Å². The maximum Gasteiger partial charge on any atom is 0.119 e. The van der Waals surface area contributed by atoms with E-state index in [9.17, 15) is 5.11 Å². The van der Waals surface area contributed by atoms with Crippen LogP contribution in [0.15, 0.2) is 48.5 Å². The van der Waals surface area contributed by atoms with Crippen molar-refractivity contribution in [2.24, 2.45) is 0 Å². The van der Waals surface area contributed by atoms with Crippen LogP contribution >= 0.6 is 22.6 Å². The first-order chi connectivity index (χ1) is 12.2. The molecule has 134 valence electrons. The third kappa shape index (κ3) is 5.97. The van der Waals surface area contributed by atoms with Gasteiger partial charge in [0.15, 0.2) is 0 Å². The second-order valence-corrected chi connectivity index (χ2v) is 7.93. The van der Waals surface area contributed by atoms with Gasteiger partial charge in [0.2, 0.25) is 0 Å². The molecule has 0 amide bonds. The first-order valence-electron chi connectivity index (χ1n) is 9.06. The summed E-state index contributed by atoms with van der Waals surface area (Å²) in [4.78, 5) is 2.47. The highest BCUT2D eigenvalue weighted by molar-refractivity contribution is 14.1. The summed E-state index contributed by atoms with van der Waals surface area (Å²) >= 11 is 2.30. The zero-order valence-electron chi connectivity index (χ0n) is 14.5. The quantitative estimate of drug-likeness (QED) is 0.639. The van der Waals surface area contributed by atoms with Crippen LogP contribution in [0, 0.1) is 3.57 Å². The van der Waals surface area contributed by atoms with Crippen molar-refractivity contribution in [1.29, 1.82) is 0 Å². The van der Waals surface area contributed by atoms with E-state index in [1.165, 1.54) is 14.7 Å². The Morgan fingerprint density at radius 3 is 2.40 bits per heavy atom. The number of likely N-dealkylation sites (tertiary alicyclic amines) is 1. The summed E-state index contributed by atoms with van der Waals surface area (Å²) in [5.74, 6) is 0.919. The van der Waals surface area contributed by atoms with E-state index in [-0.39, 0.29) is 6.10 Å². The Kier molecular flexibility index (Phi) is 7.13. The van der Waals surface area contributed by atoms with Crippen molar-refractivity contribution in [1.82, 2.24) is 4.90 Å². The second-order valence-electron chi connectivity index (χ2n) is 6.69. The van der Waals surface area contributed by atoms with Crippen LogP contribution in [-0.2, 0) is 13.0 Å². The fraction of sp³-hybridized carbons (Fsp3) is 0.429. The van der Waals surface area contributed by atoms with E-state index in [4.69, 9.17) is 4.74 Å². The Balaban J connectivity index is 1.49. The largest absolute Gasteiger partial charge is 0.489 e. The Hall–Kier alpha value is -1.11. The zero-order valence-corrected chi connectivity index (χ0v) is 16.7. The molecule has 0 bridgehead atoms. The molecule has 4 heteroatoms. The predicted octanol–water partition coefficient (Wildman–Crippen LogP) is 4.26. The lowest BCUT2D eigenvalue weighted by molar-refractivity contribution is 0.0821. The lowest BCUT2D eigenvalue weighted by Gasteiger charge is -2.29.